The second kappa shape index (κ2) is 7.07. The number of nitro groups is 1. The number of hydrogen-bond acceptors (Lipinski definition) is 4. The highest BCUT2D eigenvalue weighted by Crippen LogP contribution is 2.30. The molecule has 1 aromatic carbocycles. The molecule has 1 N–H and O–H groups in total. The minimum absolute atomic E-state index is 0.0432. The summed E-state index contributed by atoms with van der Waals surface area (Å²) in [7, 11) is 0. The minimum atomic E-state index is -0.478. The number of anilines is 1. The van der Waals surface area contributed by atoms with Crippen molar-refractivity contribution in [3.05, 3.63) is 33.9 Å². The zero-order valence-electron chi connectivity index (χ0n) is 12.3. The summed E-state index contributed by atoms with van der Waals surface area (Å²) in [5.41, 5.74) is 0.979. The standard InChI is InChI=1S/C16H21N3O2/c1-12-2-4-13(5-3-12)8-9-18-16-7-6-15(19(20)21)10-14(16)11-17/h6-7,10,12-13,18H,2-5,8-9H2,1H3. The lowest BCUT2D eigenvalue weighted by molar-refractivity contribution is -0.384. The van der Waals surface area contributed by atoms with Crippen molar-refractivity contribution < 1.29 is 4.92 Å². The van der Waals surface area contributed by atoms with E-state index in [0.717, 1.165) is 24.8 Å². The Balaban J connectivity index is 1.88. The van der Waals surface area contributed by atoms with Crippen LogP contribution in [0.4, 0.5) is 11.4 Å². The van der Waals surface area contributed by atoms with Crippen LogP contribution in [0, 0.1) is 33.3 Å². The third-order valence-electron chi connectivity index (χ3n) is 4.34. The van der Waals surface area contributed by atoms with E-state index in [2.05, 4.69) is 12.2 Å². The molecular formula is C16H21N3O2. The Morgan fingerprint density at radius 1 is 1.38 bits per heavy atom. The van der Waals surface area contributed by atoms with Gasteiger partial charge in [-0.05, 0) is 24.3 Å². The Labute approximate surface area is 125 Å². The number of nitriles is 1. The van der Waals surface area contributed by atoms with Gasteiger partial charge in [0.25, 0.3) is 5.69 Å². The van der Waals surface area contributed by atoms with Crippen molar-refractivity contribution >= 4 is 11.4 Å². The summed E-state index contributed by atoms with van der Waals surface area (Å²) in [5, 5.41) is 23.0. The van der Waals surface area contributed by atoms with Crippen molar-refractivity contribution in [3.8, 4) is 6.07 Å². The van der Waals surface area contributed by atoms with Crippen molar-refractivity contribution in [2.24, 2.45) is 11.8 Å². The van der Waals surface area contributed by atoms with Gasteiger partial charge >= 0.3 is 0 Å². The first kappa shape index (κ1) is 15.3. The summed E-state index contributed by atoms with van der Waals surface area (Å²) in [4.78, 5) is 10.2. The predicted octanol–water partition coefficient (Wildman–Crippen LogP) is 4.09. The summed E-state index contributed by atoms with van der Waals surface area (Å²) in [5.74, 6) is 1.62. The lowest BCUT2D eigenvalue weighted by Crippen LogP contribution is -2.16. The van der Waals surface area contributed by atoms with Gasteiger partial charge in [0, 0.05) is 18.7 Å². The molecule has 1 saturated carbocycles. The number of nitrogens with one attached hydrogen (secondary N) is 1. The Hall–Kier alpha value is -2.09. The molecule has 112 valence electrons. The highest BCUT2D eigenvalue weighted by Gasteiger charge is 2.18. The Morgan fingerprint density at radius 2 is 2.10 bits per heavy atom. The molecule has 5 heteroatoms. The fraction of sp³-hybridized carbons (Fsp3) is 0.562. The number of non-ortho nitro benzene ring substituents is 1. The largest absolute Gasteiger partial charge is 0.384 e. The van der Waals surface area contributed by atoms with Gasteiger partial charge in [-0.25, -0.2) is 0 Å². The summed E-state index contributed by atoms with van der Waals surface area (Å²) in [6, 6.07) is 6.40. The van der Waals surface area contributed by atoms with E-state index in [1.54, 1.807) is 6.07 Å². The maximum absolute atomic E-state index is 10.7. The Morgan fingerprint density at radius 3 is 2.71 bits per heavy atom. The van der Waals surface area contributed by atoms with Gasteiger partial charge in [0.2, 0.25) is 0 Å². The van der Waals surface area contributed by atoms with E-state index in [1.165, 1.54) is 37.8 Å². The van der Waals surface area contributed by atoms with Crippen molar-refractivity contribution in [3.63, 3.8) is 0 Å². The zero-order valence-corrected chi connectivity index (χ0v) is 12.3. The highest BCUT2D eigenvalue weighted by atomic mass is 16.6. The number of nitrogens with zero attached hydrogens (tertiary/aromatic N) is 2. The normalized spacial score (nSPS) is 21.5. The lowest BCUT2D eigenvalue weighted by atomic mass is 9.81. The van der Waals surface area contributed by atoms with E-state index >= 15 is 0 Å². The molecule has 0 aromatic heterocycles. The Kier molecular flexibility index (Phi) is 5.15. The van der Waals surface area contributed by atoms with Gasteiger partial charge in [-0.2, -0.15) is 5.26 Å². The van der Waals surface area contributed by atoms with Crippen LogP contribution in [0.1, 0.15) is 44.6 Å². The van der Waals surface area contributed by atoms with Crippen LogP contribution >= 0.6 is 0 Å². The molecule has 1 aliphatic carbocycles. The smallest absolute Gasteiger partial charge is 0.270 e. The van der Waals surface area contributed by atoms with Gasteiger partial charge in [0.1, 0.15) is 6.07 Å². The Bertz CT molecular complexity index is 543. The number of benzene rings is 1. The average Bonchev–Trinajstić information content (AvgIpc) is 2.49. The molecule has 0 spiro atoms. The lowest BCUT2D eigenvalue weighted by Gasteiger charge is -2.26. The van der Waals surface area contributed by atoms with E-state index in [-0.39, 0.29) is 5.69 Å². The first-order valence-corrected chi connectivity index (χ1v) is 7.52. The van der Waals surface area contributed by atoms with Crippen molar-refractivity contribution in [2.45, 2.75) is 39.0 Å². The summed E-state index contributed by atoms with van der Waals surface area (Å²) in [6.45, 7) is 3.12. The second-order valence-electron chi connectivity index (χ2n) is 5.94. The topological polar surface area (TPSA) is 79.0 Å². The number of hydrogen-bond donors (Lipinski definition) is 1. The molecule has 0 radical (unpaired) electrons. The van der Waals surface area contributed by atoms with Crippen molar-refractivity contribution in [2.75, 3.05) is 11.9 Å². The molecule has 0 atom stereocenters. The van der Waals surface area contributed by atoms with Crippen LogP contribution in [0.25, 0.3) is 0 Å². The fourth-order valence-electron chi connectivity index (χ4n) is 2.92. The monoisotopic (exact) mass is 287 g/mol. The zero-order chi connectivity index (χ0) is 15.2. The average molecular weight is 287 g/mol. The first-order valence-electron chi connectivity index (χ1n) is 7.52. The maximum atomic E-state index is 10.7. The second-order valence-corrected chi connectivity index (χ2v) is 5.94. The van der Waals surface area contributed by atoms with Gasteiger partial charge in [0.15, 0.2) is 0 Å². The van der Waals surface area contributed by atoms with Gasteiger partial charge < -0.3 is 5.32 Å². The molecule has 1 aliphatic rings. The van der Waals surface area contributed by atoms with Crippen LogP contribution in [0.5, 0.6) is 0 Å². The van der Waals surface area contributed by atoms with Gasteiger partial charge in [0.05, 0.1) is 16.2 Å². The number of rotatable bonds is 5. The molecule has 0 unspecified atom stereocenters. The fourth-order valence-corrected chi connectivity index (χ4v) is 2.92. The highest BCUT2D eigenvalue weighted by molar-refractivity contribution is 5.61. The van der Waals surface area contributed by atoms with E-state index < -0.39 is 4.92 Å². The third kappa shape index (κ3) is 4.19. The van der Waals surface area contributed by atoms with Gasteiger partial charge in [-0.15, -0.1) is 0 Å². The molecule has 1 aromatic rings. The van der Waals surface area contributed by atoms with E-state index in [9.17, 15) is 10.1 Å². The van der Waals surface area contributed by atoms with Crippen molar-refractivity contribution in [1.82, 2.24) is 0 Å². The van der Waals surface area contributed by atoms with Gasteiger partial charge in [-0.3, -0.25) is 10.1 Å². The molecule has 0 bridgehead atoms. The third-order valence-corrected chi connectivity index (χ3v) is 4.34. The molecular weight excluding hydrogens is 266 g/mol. The van der Waals surface area contributed by atoms with Crippen LogP contribution in [-0.2, 0) is 0 Å². The van der Waals surface area contributed by atoms with Crippen molar-refractivity contribution in [1.29, 1.82) is 5.26 Å². The predicted molar refractivity (Wildman–Crippen MR) is 82.0 cm³/mol. The van der Waals surface area contributed by atoms with Crippen LogP contribution in [0.2, 0.25) is 0 Å². The van der Waals surface area contributed by atoms with Crippen LogP contribution < -0.4 is 5.32 Å². The van der Waals surface area contributed by atoms with Crippen LogP contribution in [0.15, 0.2) is 18.2 Å². The summed E-state index contributed by atoms with van der Waals surface area (Å²) >= 11 is 0. The van der Waals surface area contributed by atoms with E-state index in [4.69, 9.17) is 5.26 Å². The number of nitro benzene ring substituents is 1. The van der Waals surface area contributed by atoms with Crippen LogP contribution in [-0.4, -0.2) is 11.5 Å². The molecule has 0 amide bonds. The summed E-state index contributed by atoms with van der Waals surface area (Å²) < 4.78 is 0. The van der Waals surface area contributed by atoms with Gasteiger partial charge in [-0.1, -0.05) is 32.6 Å². The quantitative estimate of drug-likeness (QED) is 0.653. The minimum Gasteiger partial charge on any atom is -0.384 e. The van der Waals surface area contributed by atoms with E-state index in [1.807, 2.05) is 6.07 Å². The molecule has 21 heavy (non-hydrogen) atoms. The summed E-state index contributed by atoms with van der Waals surface area (Å²) in [6.07, 6.45) is 6.29. The molecule has 0 heterocycles. The molecule has 5 nitrogen and oxygen atoms in total. The molecule has 2 rings (SSSR count). The van der Waals surface area contributed by atoms with E-state index in [0.29, 0.717) is 11.3 Å². The maximum Gasteiger partial charge on any atom is 0.270 e. The SMILES string of the molecule is CC1CCC(CCNc2ccc([N+](=O)[O-])cc2C#N)CC1. The molecule has 0 aliphatic heterocycles. The molecule has 0 saturated heterocycles. The first-order chi connectivity index (χ1) is 10.1. The molecule has 1 fully saturated rings. The van der Waals surface area contributed by atoms with Crippen LogP contribution in [0.3, 0.4) is 0 Å².